The third-order valence-electron chi connectivity index (χ3n) is 5.49. The van der Waals surface area contributed by atoms with Crippen LogP contribution >= 0.6 is 11.6 Å². The molecular formula is C27H26ClFO2. The highest BCUT2D eigenvalue weighted by atomic mass is 35.5. The second-order valence-electron chi connectivity index (χ2n) is 7.86. The number of terminal acetylenes is 1. The topological polar surface area (TPSA) is 18.5 Å². The first-order valence-corrected chi connectivity index (χ1v) is 10.6. The molecule has 31 heavy (non-hydrogen) atoms. The van der Waals surface area contributed by atoms with Gasteiger partial charge in [-0.05, 0) is 80.6 Å². The summed E-state index contributed by atoms with van der Waals surface area (Å²) in [6.07, 6.45) is 8.24. The second-order valence-corrected chi connectivity index (χ2v) is 8.27. The number of halogens is 2. The van der Waals surface area contributed by atoms with E-state index in [1.165, 1.54) is 6.07 Å². The first-order chi connectivity index (χ1) is 14.8. The average Bonchev–Trinajstić information content (AvgIpc) is 2.77. The van der Waals surface area contributed by atoms with Crippen molar-refractivity contribution in [1.82, 2.24) is 0 Å². The lowest BCUT2D eigenvalue weighted by atomic mass is 9.78. The van der Waals surface area contributed by atoms with E-state index >= 15 is 0 Å². The molecule has 0 heterocycles. The van der Waals surface area contributed by atoms with Crippen LogP contribution in [-0.4, -0.2) is 7.11 Å². The molecule has 0 N–H and O–H groups in total. The van der Waals surface area contributed by atoms with Gasteiger partial charge >= 0.3 is 0 Å². The third kappa shape index (κ3) is 5.60. The van der Waals surface area contributed by atoms with Gasteiger partial charge in [0.1, 0.15) is 11.5 Å². The van der Waals surface area contributed by atoms with Crippen molar-refractivity contribution in [3.63, 3.8) is 0 Å². The quantitative estimate of drug-likeness (QED) is 0.340. The molecule has 160 valence electrons. The smallest absolute Gasteiger partial charge is 0.165 e. The molecule has 1 atom stereocenters. The van der Waals surface area contributed by atoms with Gasteiger partial charge < -0.3 is 9.47 Å². The zero-order valence-electron chi connectivity index (χ0n) is 18.0. The van der Waals surface area contributed by atoms with Crippen LogP contribution in [0.4, 0.5) is 4.39 Å². The lowest BCUT2D eigenvalue weighted by Gasteiger charge is -2.25. The van der Waals surface area contributed by atoms with Crippen LogP contribution in [0.15, 0.2) is 60.7 Å². The summed E-state index contributed by atoms with van der Waals surface area (Å²) in [4.78, 5) is 0. The highest BCUT2D eigenvalue weighted by molar-refractivity contribution is 6.32. The summed E-state index contributed by atoms with van der Waals surface area (Å²) in [5.74, 6) is 3.99. The number of hydrogen-bond donors (Lipinski definition) is 0. The molecule has 0 fully saturated rings. The van der Waals surface area contributed by atoms with Crippen LogP contribution in [0, 0.1) is 25.1 Å². The summed E-state index contributed by atoms with van der Waals surface area (Å²) in [7, 11) is 1.58. The molecule has 0 saturated carbocycles. The predicted octanol–water partition coefficient (Wildman–Crippen LogP) is 7.50. The van der Waals surface area contributed by atoms with Gasteiger partial charge in [0.2, 0.25) is 0 Å². The largest absolute Gasteiger partial charge is 0.495 e. The van der Waals surface area contributed by atoms with Crippen LogP contribution in [0.3, 0.4) is 0 Å². The van der Waals surface area contributed by atoms with Crippen molar-refractivity contribution in [2.24, 2.45) is 0 Å². The van der Waals surface area contributed by atoms with Gasteiger partial charge in [-0.3, -0.25) is 0 Å². The fourth-order valence-corrected chi connectivity index (χ4v) is 3.73. The molecule has 0 aromatic heterocycles. The molecule has 3 aromatic rings. The highest BCUT2D eigenvalue weighted by Crippen LogP contribution is 2.34. The lowest BCUT2D eigenvalue weighted by molar-refractivity contribution is 0.414. The highest BCUT2D eigenvalue weighted by Gasteiger charge is 2.24. The molecule has 3 rings (SSSR count). The molecule has 0 amide bonds. The fourth-order valence-electron chi connectivity index (χ4n) is 3.47. The summed E-state index contributed by atoms with van der Waals surface area (Å²) in [6, 6.07) is 18.2. The number of benzene rings is 3. The minimum Gasteiger partial charge on any atom is -0.495 e. The van der Waals surface area contributed by atoms with Gasteiger partial charge in [-0.1, -0.05) is 47.4 Å². The molecule has 0 spiro atoms. The van der Waals surface area contributed by atoms with E-state index in [-0.39, 0.29) is 11.6 Å². The molecule has 0 bridgehead atoms. The Bertz CT molecular complexity index is 1090. The van der Waals surface area contributed by atoms with Crippen LogP contribution in [0.1, 0.15) is 36.5 Å². The number of rotatable bonds is 8. The molecule has 0 radical (unpaired) electrons. The van der Waals surface area contributed by atoms with Gasteiger partial charge in [0.25, 0.3) is 0 Å². The maximum Gasteiger partial charge on any atom is 0.165 e. The van der Waals surface area contributed by atoms with Gasteiger partial charge in [0.15, 0.2) is 11.6 Å². The summed E-state index contributed by atoms with van der Waals surface area (Å²) in [6.45, 7) is 4.02. The number of aryl methyl sites for hydroxylation is 2. The van der Waals surface area contributed by atoms with Crippen molar-refractivity contribution in [3.8, 4) is 29.6 Å². The Labute approximate surface area is 189 Å². The van der Waals surface area contributed by atoms with Crippen LogP contribution < -0.4 is 9.47 Å². The molecule has 0 aliphatic heterocycles. The molecular weight excluding hydrogens is 411 g/mol. The number of methoxy groups -OCH3 is 1. The minimum atomic E-state index is -0.461. The average molecular weight is 437 g/mol. The van der Waals surface area contributed by atoms with Crippen molar-refractivity contribution in [2.45, 2.75) is 38.5 Å². The first kappa shape index (κ1) is 22.7. The van der Waals surface area contributed by atoms with E-state index in [1.54, 1.807) is 19.2 Å². The number of ether oxygens (including phenoxy) is 2. The fraction of sp³-hybridized carbons (Fsp3) is 0.259. The standard InChI is InChI=1S/C27H26ClFO2/c1-5-27(3,21-11-15-25(30-4)23(28)18-21)16-6-7-20-10-14-24(29)26(17-20)31-22-12-8-19(2)9-13-22/h1,8-15,17-18H,6-7,16H2,2-4H3. The van der Waals surface area contributed by atoms with E-state index in [9.17, 15) is 4.39 Å². The lowest BCUT2D eigenvalue weighted by Crippen LogP contribution is -2.19. The van der Waals surface area contributed by atoms with Crippen LogP contribution in [0.25, 0.3) is 0 Å². The van der Waals surface area contributed by atoms with E-state index in [0.717, 1.165) is 36.0 Å². The van der Waals surface area contributed by atoms with E-state index in [2.05, 4.69) is 5.92 Å². The Morgan fingerprint density at radius 1 is 1.03 bits per heavy atom. The minimum absolute atomic E-state index is 0.225. The molecule has 1 unspecified atom stereocenters. The Morgan fingerprint density at radius 2 is 1.77 bits per heavy atom. The first-order valence-electron chi connectivity index (χ1n) is 10.2. The van der Waals surface area contributed by atoms with E-state index in [1.807, 2.05) is 56.3 Å². The molecule has 4 heteroatoms. The number of hydrogen-bond acceptors (Lipinski definition) is 2. The van der Waals surface area contributed by atoms with Crippen LogP contribution in [-0.2, 0) is 11.8 Å². The van der Waals surface area contributed by atoms with Crippen molar-refractivity contribution >= 4 is 11.6 Å². The van der Waals surface area contributed by atoms with Gasteiger partial charge in [-0.25, -0.2) is 4.39 Å². The van der Waals surface area contributed by atoms with Crippen molar-refractivity contribution in [3.05, 3.63) is 88.2 Å². The normalized spacial score (nSPS) is 12.6. The predicted molar refractivity (Wildman–Crippen MR) is 125 cm³/mol. The van der Waals surface area contributed by atoms with Gasteiger partial charge in [0, 0.05) is 0 Å². The Balaban J connectivity index is 1.68. The molecule has 0 aliphatic rings. The summed E-state index contributed by atoms with van der Waals surface area (Å²) in [5.41, 5.74) is 2.63. The Morgan fingerprint density at radius 3 is 2.42 bits per heavy atom. The SMILES string of the molecule is C#CC(C)(CCCc1ccc(F)c(Oc2ccc(C)cc2)c1)c1ccc(OC)c(Cl)c1. The van der Waals surface area contributed by atoms with Crippen LogP contribution in [0.2, 0.25) is 5.02 Å². The van der Waals surface area contributed by atoms with Crippen molar-refractivity contribution in [1.29, 1.82) is 0 Å². The second kappa shape index (κ2) is 9.90. The maximum atomic E-state index is 14.2. The molecule has 0 aliphatic carbocycles. The summed E-state index contributed by atoms with van der Waals surface area (Å²) >= 11 is 6.29. The zero-order valence-corrected chi connectivity index (χ0v) is 18.8. The Kier molecular flexibility index (Phi) is 7.25. The third-order valence-corrected chi connectivity index (χ3v) is 5.79. The van der Waals surface area contributed by atoms with Crippen molar-refractivity contribution in [2.75, 3.05) is 7.11 Å². The van der Waals surface area contributed by atoms with E-state index in [4.69, 9.17) is 27.5 Å². The molecule has 3 aromatic carbocycles. The molecule has 2 nitrogen and oxygen atoms in total. The van der Waals surface area contributed by atoms with Gasteiger partial charge in [-0.2, -0.15) is 0 Å². The monoisotopic (exact) mass is 436 g/mol. The Hall–Kier alpha value is -2.96. The maximum absolute atomic E-state index is 14.2. The summed E-state index contributed by atoms with van der Waals surface area (Å²) < 4.78 is 25.2. The van der Waals surface area contributed by atoms with E-state index in [0.29, 0.717) is 16.5 Å². The van der Waals surface area contributed by atoms with Crippen LogP contribution in [0.5, 0.6) is 17.2 Å². The van der Waals surface area contributed by atoms with Gasteiger partial charge in [-0.15, -0.1) is 6.42 Å². The zero-order chi connectivity index (χ0) is 22.4. The van der Waals surface area contributed by atoms with E-state index < -0.39 is 5.41 Å². The van der Waals surface area contributed by atoms with Gasteiger partial charge in [0.05, 0.1) is 17.5 Å². The van der Waals surface area contributed by atoms with Crippen molar-refractivity contribution < 1.29 is 13.9 Å². The summed E-state index contributed by atoms with van der Waals surface area (Å²) in [5, 5.41) is 0.540. The molecule has 0 saturated heterocycles.